The highest BCUT2D eigenvalue weighted by Gasteiger charge is 2.38. The molecule has 2 nitrogen and oxygen atoms in total. The Kier molecular flexibility index (Phi) is 2.63. The molecule has 0 saturated carbocycles. The summed E-state index contributed by atoms with van der Waals surface area (Å²) in [6.45, 7) is 3.39. The molecular formula is C8H10F3NO. The summed E-state index contributed by atoms with van der Waals surface area (Å²) in [7, 11) is 0. The van der Waals surface area contributed by atoms with Crippen molar-refractivity contribution in [3.05, 3.63) is 17.0 Å². The van der Waals surface area contributed by atoms with Gasteiger partial charge in [-0.1, -0.05) is 19.0 Å². The third-order valence-corrected chi connectivity index (χ3v) is 1.81. The van der Waals surface area contributed by atoms with E-state index in [4.69, 9.17) is 0 Å². The van der Waals surface area contributed by atoms with E-state index in [9.17, 15) is 13.2 Å². The summed E-state index contributed by atoms with van der Waals surface area (Å²) >= 11 is 0. The average molecular weight is 193 g/mol. The van der Waals surface area contributed by atoms with Crippen LogP contribution in [0.1, 0.15) is 30.9 Å². The molecule has 1 aromatic rings. The minimum atomic E-state index is -4.40. The monoisotopic (exact) mass is 193 g/mol. The minimum Gasteiger partial charge on any atom is -0.361 e. The lowest BCUT2D eigenvalue weighted by Crippen LogP contribution is -2.08. The van der Waals surface area contributed by atoms with Crippen molar-refractivity contribution in [2.75, 3.05) is 0 Å². The Balaban J connectivity index is 3.16. The fourth-order valence-corrected chi connectivity index (χ4v) is 1.21. The normalized spacial score (nSPS) is 12.1. The van der Waals surface area contributed by atoms with Crippen LogP contribution in [0.5, 0.6) is 0 Å². The fraction of sp³-hybridized carbons (Fsp3) is 0.625. The van der Waals surface area contributed by atoms with Crippen LogP contribution in [0.15, 0.2) is 4.52 Å². The molecule has 0 fully saturated rings. The van der Waals surface area contributed by atoms with E-state index in [1.165, 1.54) is 0 Å². The molecule has 0 bridgehead atoms. The lowest BCUT2D eigenvalue weighted by atomic mass is 10.1. The van der Waals surface area contributed by atoms with Gasteiger partial charge in [-0.3, -0.25) is 0 Å². The Morgan fingerprint density at radius 3 is 2.23 bits per heavy atom. The van der Waals surface area contributed by atoms with E-state index >= 15 is 0 Å². The highest BCUT2D eigenvalue weighted by atomic mass is 19.4. The third-order valence-electron chi connectivity index (χ3n) is 1.81. The predicted molar refractivity (Wildman–Crippen MR) is 40.3 cm³/mol. The molecule has 0 aromatic carbocycles. The lowest BCUT2D eigenvalue weighted by Gasteiger charge is -2.03. The Bertz CT molecular complexity index is 290. The first-order valence-electron chi connectivity index (χ1n) is 4.05. The highest BCUT2D eigenvalue weighted by Crippen LogP contribution is 2.32. The second kappa shape index (κ2) is 3.40. The van der Waals surface area contributed by atoms with Gasteiger partial charge in [0, 0.05) is 12.0 Å². The molecule has 1 rings (SSSR count). The molecular weight excluding hydrogens is 183 g/mol. The molecule has 0 unspecified atom stereocenters. The van der Waals surface area contributed by atoms with Crippen molar-refractivity contribution in [3.63, 3.8) is 0 Å². The van der Waals surface area contributed by atoms with Crippen LogP contribution in [0.3, 0.4) is 0 Å². The van der Waals surface area contributed by atoms with Crippen LogP contribution in [-0.2, 0) is 19.0 Å². The highest BCUT2D eigenvalue weighted by molar-refractivity contribution is 5.25. The zero-order chi connectivity index (χ0) is 10.1. The zero-order valence-electron chi connectivity index (χ0n) is 7.40. The largest absolute Gasteiger partial charge is 0.437 e. The third kappa shape index (κ3) is 1.84. The number of hydrogen-bond acceptors (Lipinski definition) is 2. The SMILES string of the molecule is CCc1onc(C(F)(F)F)c1CC. The standard InChI is InChI=1S/C8H10F3NO/c1-3-5-6(4-2)13-12-7(5)8(9,10)11/h3-4H2,1-2H3. The molecule has 0 spiro atoms. The van der Waals surface area contributed by atoms with Crippen molar-refractivity contribution in [3.8, 4) is 0 Å². The van der Waals surface area contributed by atoms with Crippen LogP contribution in [-0.4, -0.2) is 5.16 Å². The Morgan fingerprint density at radius 2 is 1.85 bits per heavy atom. The summed E-state index contributed by atoms with van der Waals surface area (Å²) in [6.07, 6.45) is -3.67. The van der Waals surface area contributed by atoms with Gasteiger partial charge in [0.2, 0.25) is 0 Å². The van der Waals surface area contributed by atoms with E-state index in [0.29, 0.717) is 18.6 Å². The topological polar surface area (TPSA) is 26.0 Å². The maximum Gasteiger partial charge on any atom is 0.437 e. The molecule has 74 valence electrons. The van der Waals surface area contributed by atoms with Crippen LogP contribution in [0.4, 0.5) is 13.2 Å². The minimum absolute atomic E-state index is 0.176. The number of aromatic nitrogens is 1. The van der Waals surface area contributed by atoms with Crippen molar-refractivity contribution in [1.29, 1.82) is 0 Å². The Labute approximate surface area is 73.7 Å². The summed E-state index contributed by atoms with van der Waals surface area (Å²) in [5.41, 5.74) is -0.707. The number of hydrogen-bond donors (Lipinski definition) is 0. The van der Waals surface area contributed by atoms with Gasteiger partial charge in [-0.2, -0.15) is 13.2 Å². The van der Waals surface area contributed by atoms with Crippen molar-refractivity contribution in [2.45, 2.75) is 32.9 Å². The Hall–Kier alpha value is -1.00. The van der Waals surface area contributed by atoms with Gasteiger partial charge in [-0.05, 0) is 6.42 Å². The number of rotatable bonds is 2. The molecule has 1 aromatic heterocycles. The number of alkyl halides is 3. The van der Waals surface area contributed by atoms with Gasteiger partial charge < -0.3 is 4.52 Å². The number of aryl methyl sites for hydroxylation is 1. The van der Waals surface area contributed by atoms with Gasteiger partial charge >= 0.3 is 6.18 Å². The summed E-state index contributed by atoms with van der Waals surface area (Å²) in [5.74, 6) is 0.329. The lowest BCUT2D eigenvalue weighted by molar-refractivity contribution is -0.143. The molecule has 0 N–H and O–H groups in total. The van der Waals surface area contributed by atoms with Crippen LogP contribution >= 0.6 is 0 Å². The smallest absolute Gasteiger partial charge is 0.361 e. The van der Waals surface area contributed by atoms with Crippen LogP contribution in [0.25, 0.3) is 0 Å². The van der Waals surface area contributed by atoms with E-state index in [1.807, 2.05) is 0 Å². The van der Waals surface area contributed by atoms with Crippen LogP contribution < -0.4 is 0 Å². The maximum atomic E-state index is 12.3. The molecule has 13 heavy (non-hydrogen) atoms. The Morgan fingerprint density at radius 1 is 1.23 bits per heavy atom. The second-order valence-corrected chi connectivity index (χ2v) is 2.64. The van der Waals surface area contributed by atoms with Crippen LogP contribution in [0, 0.1) is 0 Å². The van der Waals surface area contributed by atoms with E-state index in [-0.39, 0.29) is 5.56 Å². The summed E-state index contributed by atoms with van der Waals surface area (Å²) < 4.78 is 41.4. The molecule has 5 heteroatoms. The predicted octanol–water partition coefficient (Wildman–Crippen LogP) is 2.82. The van der Waals surface area contributed by atoms with Gasteiger partial charge in [0.05, 0.1) is 0 Å². The quantitative estimate of drug-likeness (QED) is 0.721. The van der Waals surface area contributed by atoms with Crippen molar-refractivity contribution in [1.82, 2.24) is 5.16 Å². The molecule has 0 aliphatic rings. The molecule has 0 aliphatic carbocycles. The molecule has 0 radical (unpaired) electrons. The van der Waals surface area contributed by atoms with Gasteiger partial charge in [0.25, 0.3) is 0 Å². The first-order valence-corrected chi connectivity index (χ1v) is 4.05. The molecule has 0 aliphatic heterocycles. The fourth-order valence-electron chi connectivity index (χ4n) is 1.21. The van der Waals surface area contributed by atoms with Gasteiger partial charge in [0.1, 0.15) is 5.76 Å². The van der Waals surface area contributed by atoms with Crippen LogP contribution in [0.2, 0.25) is 0 Å². The number of halogens is 3. The van der Waals surface area contributed by atoms with Gasteiger partial charge in [-0.15, -0.1) is 0 Å². The van der Waals surface area contributed by atoms with Crippen molar-refractivity contribution < 1.29 is 17.7 Å². The summed E-state index contributed by atoms with van der Waals surface area (Å²) in [6, 6.07) is 0. The average Bonchev–Trinajstić information content (AvgIpc) is 2.45. The van der Waals surface area contributed by atoms with Gasteiger partial charge in [-0.25, -0.2) is 0 Å². The van der Waals surface area contributed by atoms with E-state index < -0.39 is 11.9 Å². The summed E-state index contributed by atoms with van der Waals surface area (Å²) in [5, 5.41) is 3.03. The van der Waals surface area contributed by atoms with Gasteiger partial charge in [0.15, 0.2) is 5.69 Å². The first-order chi connectivity index (χ1) is 6.00. The van der Waals surface area contributed by atoms with Crippen molar-refractivity contribution in [2.24, 2.45) is 0 Å². The first kappa shape index (κ1) is 10.1. The van der Waals surface area contributed by atoms with E-state index in [2.05, 4.69) is 9.68 Å². The zero-order valence-corrected chi connectivity index (χ0v) is 7.40. The van der Waals surface area contributed by atoms with Crippen molar-refractivity contribution >= 4 is 0 Å². The molecule has 0 saturated heterocycles. The number of nitrogens with zero attached hydrogens (tertiary/aromatic N) is 1. The molecule has 1 heterocycles. The summed E-state index contributed by atoms with van der Waals surface area (Å²) in [4.78, 5) is 0. The van der Waals surface area contributed by atoms with E-state index in [0.717, 1.165) is 0 Å². The molecule has 0 amide bonds. The molecule has 0 atom stereocenters. The van der Waals surface area contributed by atoms with E-state index in [1.54, 1.807) is 13.8 Å². The maximum absolute atomic E-state index is 12.3. The second-order valence-electron chi connectivity index (χ2n) is 2.64.